The average molecular weight is 442 g/mol. The number of aromatic hydroxyl groups is 2. The highest BCUT2D eigenvalue weighted by Gasteiger charge is 2.40. The van der Waals surface area contributed by atoms with E-state index in [1.54, 1.807) is 23.9 Å². The van der Waals surface area contributed by atoms with E-state index in [1.807, 2.05) is 0 Å². The van der Waals surface area contributed by atoms with Crippen LogP contribution in [-0.2, 0) is 26.3 Å². The van der Waals surface area contributed by atoms with Gasteiger partial charge in [0.05, 0.1) is 6.20 Å². The number of rotatable bonds is 2. The molecule has 5 rings (SSSR count). The molecule has 0 amide bonds. The Labute approximate surface area is 193 Å². The van der Waals surface area contributed by atoms with Crippen LogP contribution in [0, 0.1) is 17.3 Å². The van der Waals surface area contributed by atoms with Crippen molar-refractivity contribution in [1.82, 2.24) is 9.55 Å². The lowest BCUT2D eigenvalue weighted by molar-refractivity contribution is 0.231. The Morgan fingerprint density at radius 2 is 1.73 bits per heavy atom. The van der Waals surface area contributed by atoms with Gasteiger partial charge in [0.15, 0.2) is 11.5 Å². The lowest BCUT2D eigenvalue weighted by Gasteiger charge is -2.40. The second kappa shape index (κ2) is 8.32. The molecule has 2 N–H and O–H groups in total. The van der Waals surface area contributed by atoms with Gasteiger partial charge in [-0.25, -0.2) is 4.98 Å². The van der Waals surface area contributed by atoms with E-state index in [0.717, 1.165) is 44.3 Å². The molecule has 1 fully saturated rings. The molecule has 1 aliphatic carbocycles. The van der Waals surface area contributed by atoms with Crippen LogP contribution < -0.4 is 10.5 Å². The number of nitrogens with zero attached hydrogens (tertiary/aromatic N) is 3. The van der Waals surface area contributed by atoms with Crippen molar-refractivity contribution in [1.29, 1.82) is 0 Å². The summed E-state index contributed by atoms with van der Waals surface area (Å²) in [6, 6.07) is 13.4. The normalized spacial score (nSPS) is 16.3. The van der Waals surface area contributed by atoms with Gasteiger partial charge < -0.3 is 15.1 Å². The monoisotopic (exact) mass is 441 g/mol. The van der Waals surface area contributed by atoms with Crippen molar-refractivity contribution in [3.05, 3.63) is 81.3 Å². The van der Waals surface area contributed by atoms with Crippen LogP contribution in [0.2, 0.25) is 0 Å². The molecule has 0 unspecified atom stereocenters. The molecule has 168 valence electrons. The van der Waals surface area contributed by atoms with Gasteiger partial charge in [0.25, 0.3) is 5.56 Å². The van der Waals surface area contributed by atoms with Crippen molar-refractivity contribution in [3.63, 3.8) is 0 Å². The quantitative estimate of drug-likeness (QED) is 0.472. The second-order valence-electron chi connectivity index (χ2n) is 9.25. The molecule has 2 heterocycles. The van der Waals surface area contributed by atoms with Crippen LogP contribution in [0.4, 0.5) is 5.95 Å². The summed E-state index contributed by atoms with van der Waals surface area (Å²) in [6.45, 7) is 1.78. The predicted octanol–water partition coefficient (Wildman–Crippen LogP) is 3.17. The molecule has 2 aromatic carbocycles. The van der Waals surface area contributed by atoms with Crippen LogP contribution in [0.25, 0.3) is 0 Å². The fourth-order valence-electron chi connectivity index (χ4n) is 5.14. The highest BCUT2D eigenvalue weighted by atomic mass is 16.3. The molecule has 6 nitrogen and oxygen atoms in total. The van der Waals surface area contributed by atoms with E-state index in [9.17, 15) is 15.0 Å². The van der Waals surface area contributed by atoms with Crippen molar-refractivity contribution in [2.75, 3.05) is 18.0 Å². The van der Waals surface area contributed by atoms with Gasteiger partial charge >= 0.3 is 0 Å². The maximum atomic E-state index is 12.9. The van der Waals surface area contributed by atoms with Gasteiger partial charge in [0.2, 0.25) is 5.95 Å². The van der Waals surface area contributed by atoms with Crippen molar-refractivity contribution in [2.45, 2.75) is 32.1 Å². The first-order valence-corrected chi connectivity index (χ1v) is 11.3. The van der Waals surface area contributed by atoms with Gasteiger partial charge in [-0.2, -0.15) is 0 Å². The first-order valence-electron chi connectivity index (χ1n) is 11.3. The van der Waals surface area contributed by atoms with Gasteiger partial charge in [-0.3, -0.25) is 9.36 Å². The molecule has 1 aromatic heterocycles. The first-order chi connectivity index (χ1) is 15.9. The van der Waals surface area contributed by atoms with Crippen LogP contribution in [0.1, 0.15) is 35.1 Å². The van der Waals surface area contributed by atoms with Crippen LogP contribution in [-0.4, -0.2) is 32.9 Å². The van der Waals surface area contributed by atoms with Crippen LogP contribution in [0.5, 0.6) is 11.5 Å². The third-order valence-electron chi connectivity index (χ3n) is 7.06. The first kappa shape index (κ1) is 21.1. The van der Waals surface area contributed by atoms with E-state index in [0.29, 0.717) is 23.3 Å². The van der Waals surface area contributed by atoms with Crippen molar-refractivity contribution in [2.24, 2.45) is 12.5 Å². The fourth-order valence-corrected chi connectivity index (χ4v) is 5.14. The summed E-state index contributed by atoms with van der Waals surface area (Å²) in [5.74, 6) is 6.22. The SMILES string of the molecule is Cn1c(N2CCC3(CC2)Cc2ccccc2C3)ncc(C#CCc2ccc(O)c(O)c2)c1=O. The predicted molar refractivity (Wildman–Crippen MR) is 128 cm³/mol. The molecule has 1 saturated heterocycles. The maximum absolute atomic E-state index is 12.9. The minimum absolute atomic E-state index is 0.158. The van der Waals surface area contributed by atoms with Crippen molar-refractivity contribution >= 4 is 5.95 Å². The Kier molecular flexibility index (Phi) is 5.33. The fraction of sp³-hybridized carbons (Fsp3) is 0.333. The van der Waals surface area contributed by atoms with Crippen LogP contribution in [0.15, 0.2) is 53.5 Å². The third kappa shape index (κ3) is 4.07. The number of anilines is 1. The Balaban J connectivity index is 1.27. The van der Waals surface area contributed by atoms with Crippen molar-refractivity contribution < 1.29 is 10.2 Å². The lowest BCUT2D eigenvalue weighted by atomic mass is 9.76. The van der Waals surface area contributed by atoms with E-state index in [4.69, 9.17) is 0 Å². The summed E-state index contributed by atoms with van der Waals surface area (Å²) in [7, 11) is 1.75. The van der Waals surface area contributed by atoms with Crippen LogP contribution >= 0.6 is 0 Å². The third-order valence-corrected chi connectivity index (χ3v) is 7.06. The molecular formula is C27H27N3O3. The smallest absolute Gasteiger partial charge is 0.270 e. The molecule has 1 spiro atoms. The molecule has 0 bridgehead atoms. The van der Waals surface area contributed by atoms with E-state index in [-0.39, 0.29) is 17.1 Å². The lowest BCUT2D eigenvalue weighted by Crippen LogP contribution is -2.43. The van der Waals surface area contributed by atoms with E-state index in [2.05, 4.69) is 46.0 Å². The number of hydrogen-bond donors (Lipinski definition) is 2. The number of hydrogen-bond acceptors (Lipinski definition) is 5. The highest BCUT2D eigenvalue weighted by Crippen LogP contribution is 2.44. The maximum Gasteiger partial charge on any atom is 0.270 e. The van der Waals surface area contributed by atoms with Crippen molar-refractivity contribution in [3.8, 4) is 23.3 Å². The Morgan fingerprint density at radius 3 is 2.39 bits per heavy atom. The Hall–Kier alpha value is -3.72. The number of aromatic nitrogens is 2. The number of benzene rings is 2. The summed E-state index contributed by atoms with van der Waals surface area (Å²) in [6.07, 6.45) is 6.41. The number of piperidine rings is 1. The van der Waals surface area contributed by atoms with E-state index in [1.165, 1.54) is 23.3 Å². The zero-order valence-corrected chi connectivity index (χ0v) is 18.7. The minimum Gasteiger partial charge on any atom is -0.504 e. The molecule has 33 heavy (non-hydrogen) atoms. The minimum atomic E-state index is -0.180. The summed E-state index contributed by atoms with van der Waals surface area (Å²) in [5, 5.41) is 19.0. The summed E-state index contributed by atoms with van der Waals surface area (Å²) in [5.41, 5.74) is 4.27. The van der Waals surface area contributed by atoms with Crippen LogP contribution in [0.3, 0.4) is 0 Å². The zero-order valence-electron chi connectivity index (χ0n) is 18.7. The molecule has 3 aromatic rings. The largest absolute Gasteiger partial charge is 0.504 e. The molecular weight excluding hydrogens is 414 g/mol. The topological polar surface area (TPSA) is 78.6 Å². The number of phenols is 2. The van der Waals surface area contributed by atoms with Gasteiger partial charge in [-0.05, 0) is 59.9 Å². The Morgan fingerprint density at radius 1 is 1.03 bits per heavy atom. The molecule has 0 saturated carbocycles. The van der Waals surface area contributed by atoms with Gasteiger partial charge in [-0.1, -0.05) is 42.2 Å². The van der Waals surface area contributed by atoms with Gasteiger partial charge in [-0.15, -0.1) is 0 Å². The summed E-state index contributed by atoms with van der Waals surface area (Å²) in [4.78, 5) is 19.7. The average Bonchev–Trinajstić information content (AvgIpc) is 3.17. The molecule has 0 atom stereocenters. The highest BCUT2D eigenvalue weighted by molar-refractivity contribution is 5.43. The van der Waals surface area contributed by atoms with E-state index >= 15 is 0 Å². The molecule has 0 radical (unpaired) electrons. The number of fused-ring (bicyclic) bond motifs is 1. The van der Waals surface area contributed by atoms with Gasteiger partial charge in [0, 0.05) is 26.6 Å². The van der Waals surface area contributed by atoms with E-state index < -0.39 is 0 Å². The standard InChI is InChI=1S/C27H27N3O3/c1-29-25(33)22(8-4-5-19-9-10-23(31)24(32)15-19)18-28-26(29)30-13-11-27(12-14-30)16-20-6-2-3-7-21(20)17-27/h2-3,6-7,9-10,15,18,31-32H,5,11-14,16-17H2,1H3. The molecule has 2 aliphatic rings. The number of phenolic OH excluding ortho intramolecular Hbond substituents is 2. The van der Waals surface area contributed by atoms with Gasteiger partial charge in [0.1, 0.15) is 5.56 Å². The second-order valence-corrected chi connectivity index (χ2v) is 9.25. The summed E-state index contributed by atoms with van der Waals surface area (Å²) >= 11 is 0. The molecule has 6 heteroatoms. The summed E-state index contributed by atoms with van der Waals surface area (Å²) < 4.78 is 1.60. The zero-order chi connectivity index (χ0) is 23.0. The molecule has 1 aliphatic heterocycles. The Bertz CT molecular complexity index is 1300.